The number of aromatic nitrogens is 1. The molecule has 0 saturated heterocycles. The number of rotatable bonds is 0. The lowest BCUT2D eigenvalue weighted by atomic mass is 10.3. The maximum atomic E-state index is 11.2. The highest BCUT2D eigenvalue weighted by atomic mass is 79.9. The highest BCUT2D eigenvalue weighted by Gasteiger charge is 2.21. The molecule has 0 aromatic carbocycles. The number of hydrogen-bond donors (Lipinski definition) is 3. The van der Waals surface area contributed by atoms with Gasteiger partial charge >= 0.3 is 0 Å². The molecule has 0 saturated carbocycles. The van der Waals surface area contributed by atoms with Gasteiger partial charge in [0.25, 0.3) is 5.91 Å². The Morgan fingerprint density at radius 1 is 1.64 bits per heavy atom. The van der Waals surface area contributed by atoms with Gasteiger partial charge in [-0.15, -0.1) is 0 Å². The van der Waals surface area contributed by atoms with Crippen molar-refractivity contribution in [1.29, 1.82) is 0 Å². The molecule has 6 heteroatoms. The summed E-state index contributed by atoms with van der Waals surface area (Å²) in [6.07, 6.45) is 0.543. The number of carbonyl (C=O) groups excluding carboxylic acids is 1. The fraction of sp³-hybridized carbons (Fsp3) is 0.250. The van der Waals surface area contributed by atoms with E-state index >= 15 is 0 Å². The van der Waals surface area contributed by atoms with E-state index in [1.54, 1.807) is 12.3 Å². The second-order valence-electron chi connectivity index (χ2n) is 2.94. The van der Waals surface area contributed by atoms with Gasteiger partial charge in [-0.3, -0.25) is 4.79 Å². The Hall–Kier alpha value is -1.14. The number of aliphatic hydroxyl groups is 1. The number of β-amino-alcohol motifs (C(OH)–C–C–N with tert-alkyl or cyclic N) is 1. The van der Waals surface area contributed by atoms with Crippen LogP contribution in [-0.2, 0) is 4.79 Å². The molecule has 0 bridgehead atoms. The van der Waals surface area contributed by atoms with E-state index in [0.29, 0.717) is 11.5 Å². The number of aliphatic hydroxyl groups excluding tert-OH is 1. The van der Waals surface area contributed by atoms with Gasteiger partial charge in [-0.25, -0.2) is 4.98 Å². The minimum atomic E-state index is -1.04. The topological polar surface area (TPSA) is 74.2 Å². The summed E-state index contributed by atoms with van der Waals surface area (Å²) in [6, 6.07) is 1.79. The molecule has 1 aromatic heterocycles. The summed E-state index contributed by atoms with van der Waals surface area (Å²) in [6.45, 7) is 0.191. The Bertz CT molecular complexity index is 383. The molecule has 0 radical (unpaired) electrons. The summed E-state index contributed by atoms with van der Waals surface area (Å²) in [5.41, 5.74) is 0.698. The van der Waals surface area contributed by atoms with Crippen molar-refractivity contribution in [2.24, 2.45) is 0 Å². The number of pyridine rings is 1. The quantitative estimate of drug-likeness (QED) is 0.636. The molecule has 1 atom stereocenters. The van der Waals surface area contributed by atoms with Crippen molar-refractivity contribution in [2.45, 2.75) is 6.10 Å². The predicted molar refractivity (Wildman–Crippen MR) is 55.1 cm³/mol. The Balaban J connectivity index is 2.37. The maximum Gasteiger partial charge on any atom is 0.256 e. The second kappa shape index (κ2) is 3.55. The Labute approximate surface area is 88.7 Å². The number of anilines is 2. The van der Waals surface area contributed by atoms with Crippen LogP contribution in [0.3, 0.4) is 0 Å². The standard InChI is InChI=1S/C8H8BrN3O2/c9-4-1-5-7(11-2-4)12-8(14)6(13)3-10-5/h1-2,6,10,13H,3H2,(H,11,12,14). The van der Waals surface area contributed by atoms with Gasteiger partial charge in [-0.2, -0.15) is 0 Å². The van der Waals surface area contributed by atoms with Gasteiger partial charge < -0.3 is 15.7 Å². The minimum Gasteiger partial charge on any atom is -0.381 e. The SMILES string of the molecule is O=C1Nc2ncc(Br)cc2NCC1O. The zero-order chi connectivity index (χ0) is 10.1. The Morgan fingerprint density at radius 2 is 2.43 bits per heavy atom. The van der Waals surface area contributed by atoms with Crippen LogP contribution in [0, 0.1) is 0 Å². The van der Waals surface area contributed by atoms with Gasteiger partial charge in [0.1, 0.15) is 6.10 Å². The molecule has 0 aliphatic carbocycles. The van der Waals surface area contributed by atoms with Crippen molar-refractivity contribution in [3.05, 3.63) is 16.7 Å². The third-order valence-corrected chi connectivity index (χ3v) is 2.32. The van der Waals surface area contributed by atoms with Crippen molar-refractivity contribution >= 4 is 33.3 Å². The molecular formula is C8H8BrN3O2. The van der Waals surface area contributed by atoms with Gasteiger partial charge in [-0.05, 0) is 22.0 Å². The molecule has 1 aromatic rings. The molecule has 2 heterocycles. The molecule has 1 unspecified atom stereocenters. The number of fused-ring (bicyclic) bond motifs is 1. The molecule has 1 aliphatic rings. The average molecular weight is 258 g/mol. The van der Waals surface area contributed by atoms with Crippen molar-refractivity contribution in [3.63, 3.8) is 0 Å². The number of hydrogen-bond acceptors (Lipinski definition) is 4. The van der Waals surface area contributed by atoms with Crippen molar-refractivity contribution < 1.29 is 9.90 Å². The summed E-state index contributed by atoms with van der Waals surface area (Å²) in [4.78, 5) is 15.2. The minimum absolute atomic E-state index is 0.191. The molecular weight excluding hydrogens is 250 g/mol. The van der Waals surface area contributed by atoms with Crippen LogP contribution < -0.4 is 10.6 Å². The molecule has 1 aliphatic heterocycles. The highest BCUT2D eigenvalue weighted by molar-refractivity contribution is 9.10. The van der Waals surface area contributed by atoms with Crippen LogP contribution in [0.5, 0.6) is 0 Å². The molecule has 2 rings (SSSR count). The summed E-state index contributed by atoms with van der Waals surface area (Å²) in [7, 11) is 0. The number of halogens is 1. The lowest BCUT2D eigenvalue weighted by Gasteiger charge is -2.05. The van der Waals surface area contributed by atoms with E-state index in [-0.39, 0.29) is 6.54 Å². The van der Waals surface area contributed by atoms with Crippen LogP contribution >= 0.6 is 15.9 Å². The second-order valence-corrected chi connectivity index (χ2v) is 3.85. The summed E-state index contributed by atoms with van der Waals surface area (Å²) < 4.78 is 0.814. The number of nitrogens with one attached hydrogen (secondary N) is 2. The molecule has 74 valence electrons. The van der Waals surface area contributed by atoms with Gasteiger partial charge in [0.15, 0.2) is 5.82 Å². The predicted octanol–water partition coefficient (Wildman–Crippen LogP) is 0.569. The van der Waals surface area contributed by atoms with Crippen LogP contribution in [0.4, 0.5) is 11.5 Å². The average Bonchev–Trinajstić information content (AvgIpc) is 2.29. The molecule has 14 heavy (non-hydrogen) atoms. The highest BCUT2D eigenvalue weighted by Crippen LogP contribution is 2.24. The van der Waals surface area contributed by atoms with E-state index in [2.05, 4.69) is 31.5 Å². The summed E-state index contributed by atoms with van der Waals surface area (Å²) in [5, 5.41) is 14.7. The molecule has 0 fully saturated rings. The van der Waals surface area contributed by atoms with Gasteiger partial charge in [0, 0.05) is 17.2 Å². The van der Waals surface area contributed by atoms with Crippen LogP contribution in [0.1, 0.15) is 0 Å². The van der Waals surface area contributed by atoms with E-state index in [4.69, 9.17) is 0 Å². The summed E-state index contributed by atoms with van der Waals surface area (Å²) in [5.74, 6) is 0.000762. The van der Waals surface area contributed by atoms with Crippen molar-refractivity contribution in [3.8, 4) is 0 Å². The first kappa shape index (κ1) is 9.42. The monoisotopic (exact) mass is 257 g/mol. The van der Waals surface area contributed by atoms with Crippen LogP contribution in [0.25, 0.3) is 0 Å². The van der Waals surface area contributed by atoms with Gasteiger partial charge in [0.2, 0.25) is 0 Å². The number of carbonyl (C=O) groups is 1. The van der Waals surface area contributed by atoms with Crippen molar-refractivity contribution in [2.75, 3.05) is 17.2 Å². The van der Waals surface area contributed by atoms with E-state index in [1.165, 1.54) is 0 Å². The zero-order valence-electron chi connectivity index (χ0n) is 7.12. The van der Waals surface area contributed by atoms with Crippen LogP contribution in [0.2, 0.25) is 0 Å². The number of amides is 1. The Morgan fingerprint density at radius 3 is 3.21 bits per heavy atom. The van der Waals surface area contributed by atoms with E-state index < -0.39 is 12.0 Å². The van der Waals surface area contributed by atoms with Crippen LogP contribution in [-0.4, -0.2) is 28.6 Å². The molecule has 0 spiro atoms. The largest absolute Gasteiger partial charge is 0.381 e. The third-order valence-electron chi connectivity index (χ3n) is 1.88. The Kier molecular flexibility index (Phi) is 2.39. The maximum absolute atomic E-state index is 11.2. The fourth-order valence-corrected chi connectivity index (χ4v) is 1.50. The third kappa shape index (κ3) is 1.71. The van der Waals surface area contributed by atoms with E-state index in [1.807, 2.05) is 0 Å². The first-order chi connectivity index (χ1) is 6.66. The lowest BCUT2D eigenvalue weighted by Crippen LogP contribution is -2.30. The fourth-order valence-electron chi connectivity index (χ4n) is 1.17. The first-order valence-corrected chi connectivity index (χ1v) is 4.84. The molecule has 1 amide bonds. The molecule has 3 N–H and O–H groups in total. The van der Waals surface area contributed by atoms with Crippen molar-refractivity contribution in [1.82, 2.24) is 4.98 Å². The first-order valence-electron chi connectivity index (χ1n) is 4.05. The van der Waals surface area contributed by atoms with E-state index in [9.17, 15) is 9.90 Å². The van der Waals surface area contributed by atoms with Gasteiger partial charge in [-0.1, -0.05) is 0 Å². The molecule has 5 nitrogen and oxygen atoms in total. The van der Waals surface area contributed by atoms with E-state index in [0.717, 1.165) is 4.47 Å². The van der Waals surface area contributed by atoms with Gasteiger partial charge in [0.05, 0.1) is 5.69 Å². The smallest absolute Gasteiger partial charge is 0.256 e. The number of nitrogens with zero attached hydrogens (tertiary/aromatic N) is 1. The normalized spacial score (nSPS) is 20.4. The lowest BCUT2D eigenvalue weighted by molar-refractivity contribution is -0.123. The zero-order valence-corrected chi connectivity index (χ0v) is 8.71. The van der Waals surface area contributed by atoms with Crippen LogP contribution in [0.15, 0.2) is 16.7 Å². The summed E-state index contributed by atoms with van der Waals surface area (Å²) >= 11 is 3.27.